The highest BCUT2D eigenvalue weighted by atomic mass is 16.4. The Kier molecular flexibility index (Phi) is 3.65. The summed E-state index contributed by atoms with van der Waals surface area (Å²) in [5.41, 5.74) is 0.247. The first kappa shape index (κ1) is 10.7. The van der Waals surface area contributed by atoms with Crippen LogP contribution in [-0.4, -0.2) is 11.2 Å². The van der Waals surface area contributed by atoms with Crippen molar-refractivity contribution in [3.63, 3.8) is 0 Å². The van der Waals surface area contributed by atoms with Crippen LogP contribution in [0.2, 0.25) is 0 Å². The number of aryl methyl sites for hydroxylation is 1. The Bertz CT molecular complexity index is 376. The summed E-state index contributed by atoms with van der Waals surface area (Å²) in [6.45, 7) is 3.57. The quantitative estimate of drug-likeness (QED) is 0.797. The molecule has 3 nitrogen and oxygen atoms in total. The van der Waals surface area contributed by atoms with Gasteiger partial charge in [-0.25, -0.2) is 4.79 Å². The smallest absolute Gasteiger partial charge is 0.339 e. The third kappa shape index (κ3) is 2.85. The van der Waals surface area contributed by atoms with E-state index in [9.17, 15) is 9.90 Å². The van der Waals surface area contributed by atoms with Crippen LogP contribution in [0.15, 0.2) is 27.4 Å². The third-order valence-electron chi connectivity index (χ3n) is 1.93. The van der Waals surface area contributed by atoms with E-state index in [1.54, 1.807) is 31.2 Å². The molecule has 1 aromatic heterocycles. The minimum Gasteiger partial charge on any atom is -0.423 e. The van der Waals surface area contributed by atoms with Crippen molar-refractivity contribution in [3.8, 4) is 0 Å². The summed E-state index contributed by atoms with van der Waals surface area (Å²) >= 11 is 0. The van der Waals surface area contributed by atoms with Crippen LogP contribution in [0.1, 0.15) is 24.7 Å². The van der Waals surface area contributed by atoms with Gasteiger partial charge in [-0.05, 0) is 31.6 Å². The van der Waals surface area contributed by atoms with Gasteiger partial charge in [0.05, 0.1) is 6.10 Å². The second-order valence-electron chi connectivity index (χ2n) is 3.14. The van der Waals surface area contributed by atoms with E-state index < -0.39 is 6.10 Å². The minimum absolute atomic E-state index is 0.335. The van der Waals surface area contributed by atoms with Crippen LogP contribution in [0.5, 0.6) is 0 Å². The standard InChI is InChI=1S/C11H14O3/c1-3-9(12)5-7-10-6-4-8(2)11(13)14-10/h4-7,9,12H,3H2,1-2H3/b7-5+/t9-/m0/s1. The second kappa shape index (κ2) is 4.77. The maximum absolute atomic E-state index is 11.1. The average Bonchev–Trinajstić information content (AvgIpc) is 2.19. The Hall–Kier alpha value is -1.35. The van der Waals surface area contributed by atoms with Gasteiger partial charge in [-0.2, -0.15) is 0 Å². The number of aliphatic hydroxyl groups is 1. The number of aliphatic hydroxyl groups excluding tert-OH is 1. The fourth-order valence-electron chi connectivity index (χ4n) is 0.928. The molecule has 0 aromatic carbocycles. The molecule has 0 unspecified atom stereocenters. The molecule has 0 aliphatic heterocycles. The monoisotopic (exact) mass is 194 g/mol. The number of rotatable bonds is 3. The predicted octanol–water partition coefficient (Wildman–Crippen LogP) is 1.73. The molecule has 0 amide bonds. The Labute approximate surface area is 82.7 Å². The van der Waals surface area contributed by atoms with Crippen molar-refractivity contribution < 1.29 is 9.52 Å². The van der Waals surface area contributed by atoms with Crippen LogP contribution in [0, 0.1) is 6.92 Å². The zero-order valence-corrected chi connectivity index (χ0v) is 8.36. The van der Waals surface area contributed by atoms with E-state index in [4.69, 9.17) is 4.42 Å². The van der Waals surface area contributed by atoms with E-state index in [-0.39, 0.29) is 5.63 Å². The van der Waals surface area contributed by atoms with Crippen molar-refractivity contribution in [1.29, 1.82) is 0 Å². The van der Waals surface area contributed by atoms with Gasteiger partial charge >= 0.3 is 5.63 Å². The van der Waals surface area contributed by atoms with E-state index in [0.29, 0.717) is 17.7 Å². The van der Waals surface area contributed by atoms with E-state index in [1.165, 1.54) is 0 Å². The second-order valence-corrected chi connectivity index (χ2v) is 3.14. The lowest BCUT2D eigenvalue weighted by molar-refractivity contribution is 0.220. The molecule has 0 aliphatic carbocycles. The Morgan fingerprint density at radius 2 is 2.29 bits per heavy atom. The van der Waals surface area contributed by atoms with Gasteiger partial charge in [0.25, 0.3) is 0 Å². The maximum Gasteiger partial charge on any atom is 0.339 e. The topological polar surface area (TPSA) is 50.4 Å². The molecule has 0 saturated heterocycles. The zero-order valence-electron chi connectivity index (χ0n) is 8.36. The van der Waals surface area contributed by atoms with Gasteiger partial charge in [-0.1, -0.05) is 13.0 Å². The van der Waals surface area contributed by atoms with Gasteiger partial charge in [-0.3, -0.25) is 0 Å². The molecule has 1 atom stereocenters. The van der Waals surface area contributed by atoms with Gasteiger partial charge in [0.1, 0.15) is 5.76 Å². The van der Waals surface area contributed by atoms with Crippen molar-refractivity contribution in [3.05, 3.63) is 40.0 Å². The first-order chi connectivity index (χ1) is 6.63. The first-order valence-corrected chi connectivity index (χ1v) is 4.60. The molecule has 0 saturated carbocycles. The lowest BCUT2D eigenvalue weighted by Crippen LogP contribution is -2.03. The van der Waals surface area contributed by atoms with Gasteiger partial charge in [0.15, 0.2) is 0 Å². The molecule has 3 heteroatoms. The molecule has 14 heavy (non-hydrogen) atoms. The van der Waals surface area contributed by atoms with Crippen molar-refractivity contribution in [2.24, 2.45) is 0 Å². The lowest BCUT2D eigenvalue weighted by atomic mass is 10.2. The van der Waals surface area contributed by atoms with Gasteiger partial charge in [-0.15, -0.1) is 0 Å². The summed E-state index contributed by atoms with van der Waals surface area (Å²) in [6.07, 6.45) is 3.37. The van der Waals surface area contributed by atoms with Crippen LogP contribution in [-0.2, 0) is 0 Å². The Balaban J connectivity index is 2.83. The number of hydrogen-bond acceptors (Lipinski definition) is 3. The molecule has 0 aliphatic rings. The molecule has 0 fully saturated rings. The summed E-state index contributed by atoms with van der Waals surface area (Å²) in [6, 6.07) is 3.40. The molecular formula is C11H14O3. The normalized spacial score (nSPS) is 13.4. The van der Waals surface area contributed by atoms with E-state index in [0.717, 1.165) is 0 Å². The van der Waals surface area contributed by atoms with Crippen LogP contribution < -0.4 is 5.63 Å². The summed E-state index contributed by atoms with van der Waals surface area (Å²) in [4.78, 5) is 11.1. The molecular weight excluding hydrogens is 180 g/mol. The molecule has 1 N–H and O–H groups in total. The van der Waals surface area contributed by atoms with Crippen LogP contribution in [0.3, 0.4) is 0 Å². The summed E-state index contributed by atoms with van der Waals surface area (Å²) in [5.74, 6) is 0.466. The molecule has 1 rings (SSSR count). The summed E-state index contributed by atoms with van der Waals surface area (Å²) < 4.78 is 4.95. The highest BCUT2D eigenvalue weighted by Gasteiger charge is 1.97. The van der Waals surface area contributed by atoms with Gasteiger partial charge in [0.2, 0.25) is 0 Å². The summed E-state index contributed by atoms with van der Waals surface area (Å²) in [7, 11) is 0. The molecule has 0 spiro atoms. The Morgan fingerprint density at radius 1 is 1.57 bits per heavy atom. The van der Waals surface area contributed by atoms with E-state index >= 15 is 0 Å². The van der Waals surface area contributed by atoms with Crippen LogP contribution >= 0.6 is 0 Å². The molecule has 0 radical (unpaired) electrons. The highest BCUT2D eigenvalue weighted by molar-refractivity contribution is 5.42. The maximum atomic E-state index is 11.1. The molecule has 76 valence electrons. The first-order valence-electron chi connectivity index (χ1n) is 4.60. The van der Waals surface area contributed by atoms with Crippen LogP contribution in [0.25, 0.3) is 6.08 Å². The van der Waals surface area contributed by atoms with Crippen molar-refractivity contribution >= 4 is 6.08 Å². The Morgan fingerprint density at radius 3 is 2.86 bits per heavy atom. The fourth-order valence-corrected chi connectivity index (χ4v) is 0.928. The number of hydrogen-bond donors (Lipinski definition) is 1. The van der Waals surface area contributed by atoms with Crippen LogP contribution in [0.4, 0.5) is 0 Å². The highest BCUT2D eigenvalue weighted by Crippen LogP contribution is 2.02. The van der Waals surface area contributed by atoms with Gasteiger partial charge in [0, 0.05) is 5.56 Å². The predicted molar refractivity (Wildman–Crippen MR) is 55.0 cm³/mol. The molecule has 1 heterocycles. The van der Waals surface area contributed by atoms with Gasteiger partial charge < -0.3 is 9.52 Å². The van der Waals surface area contributed by atoms with E-state index in [2.05, 4.69) is 0 Å². The molecule has 0 bridgehead atoms. The van der Waals surface area contributed by atoms with Crippen molar-refractivity contribution in [2.45, 2.75) is 26.4 Å². The molecule has 1 aromatic rings. The van der Waals surface area contributed by atoms with E-state index in [1.807, 2.05) is 6.92 Å². The largest absolute Gasteiger partial charge is 0.423 e. The fraction of sp³-hybridized carbons (Fsp3) is 0.364. The third-order valence-corrected chi connectivity index (χ3v) is 1.93. The summed E-state index contributed by atoms with van der Waals surface area (Å²) in [5, 5.41) is 9.24. The SMILES string of the molecule is CC[C@H](O)/C=C/c1ccc(C)c(=O)o1. The van der Waals surface area contributed by atoms with Crippen molar-refractivity contribution in [2.75, 3.05) is 0 Å². The average molecular weight is 194 g/mol. The zero-order chi connectivity index (χ0) is 10.6. The van der Waals surface area contributed by atoms with Crippen molar-refractivity contribution in [1.82, 2.24) is 0 Å². The minimum atomic E-state index is -0.485. The lowest BCUT2D eigenvalue weighted by Gasteiger charge is -1.98.